The Morgan fingerprint density at radius 3 is 2.58 bits per heavy atom. The molecule has 1 aromatic carbocycles. The molecule has 0 radical (unpaired) electrons. The molecule has 0 aliphatic carbocycles. The highest BCUT2D eigenvalue weighted by Crippen LogP contribution is 2.34. The van der Waals surface area contributed by atoms with Gasteiger partial charge in [-0.2, -0.15) is 13.2 Å². The summed E-state index contributed by atoms with van der Waals surface area (Å²) in [6.45, 7) is 0. The van der Waals surface area contributed by atoms with E-state index in [4.69, 9.17) is 5.73 Å². The third-order valence-corrected chi connectivity index (χ3v) is 2.99. The van der Waals surface area contributed by atoms with E-state index < -0.39 is 17.5 Å². The molecular formula is C13H9F3N6O2. The minimum atomic E-state index is -4.50. The molecule has 0 saturated heterocycles. The fourth-order valence-electron chi connectivity index (χ4n) is 1.92. The number of aromatic nitrogens is 4. The highest BCUT2D eigenvalue weighted by Gasteiger charge is 2.30. The van der Waals surface area contributed by atoms with Crippen molar-refractivity contribution in [1.29, 1.82) is 0 Å². The van der Waals surface area contributed by atoms with Crippen LogP contribution >= 0.6 is 0 Å². The maximum Gasteiger partial charge on any atom is 0.439 e. The van der Waals surface area contributed by atoms with Crippen LogP contribution in [0.3, 0.4) is 0 Å². The highest BCUT2D eigenvalue weighted by atomic mass is 19.4. The summed E-state index contributed by atoms with van der Waals surface area (Å²) in [7, 11) is 0. The van der Waals surface area contributed by atoms with Crippen LogP contribution in [0.4, 0.5) is 30.4 Å². The monoisotopic (exact) mass is 338 g/mol. The summed E-state index contributed by atoms with van der Waals surface area (Å²) in [5.41, 5.74) is 4.99. The Morgan fingerprint density at radius 2 is 1.96 bits per heavy atom. The number of H-pyrrole nitrogens is 1. The molecule has 2 heterocycles. The number of nitrogen functional groups attached to an aromatic ring is 1. The van der Waals surface area contributed by atoms with Gasteiger partial charge in [0.25, 0.3) is 0 Å². The normalized spacial score (nSPS) is 11.5. The van der Waals surface area contributed by atoms with Crippen molar-refractivity contribution in [2.45, 2.75) is 6.18 Å². The number of alkyl halides is 3. The van der Waals surface area contributed by atoms with Gasteiger partial charge in [-0.1, -0.05) is 5.16 Å². The van der Waals surface area contributed by atoms with Gasteiger partial charge < -0.3 is 11.1 Å². The number of benzene rings is 1. The van der Waals surface area contributed by atoms with Gasteiger partial charge in [-0.05, 0) is 18.2 Å². The van der Waals surface area contributed by atoms with Crippen LogP contribution in [0.5, 0.6) is 0 Å². The van der Waals surface area contributed by atoms with Gasteiger partial charge >= 0.3 is 11.9 Å². The van der Waals surface area contributed by atoms with Gasteiger partial charge in [0.2, 0.25) is 5.82 Å². The lowest BCUT2D eigenvalue weighted by atomic mass is 10.1. The molecule has 8 nitrogen and oxygen atoms in total. The minimum Gasteiger partial charge on any atom is -0.397 e. The molecule has 124 valence electrons. The number of hydrogen-bond acceptors (Lipinski definition) is 7. The number of halogens is 3. The predicted molar refractivity (Wildman–Crippen MR) is 77.3 cm³/mol. The van der Waals surface area contributed by atoms with Gasteiger partial charge in [-0.15, -0.1) is 0 Å². The largest absolute Gasteiger partial charge is 0.439 e. The third-order valence-electron chi connectivity index (χ3n) is 2.99. The van der Waals surface area contributed by atoms with Crippen molar-refractivity contribution in [1.82, 2.24) is 20.1 Å². The molecule has 0 aliphatic rings. The fraction of sp³-hybridized carbons (Fsp3) is 0.0769. The van der Waals surface area contributed by atoms with Crippen molar-refractivity contribution in [3.05, 3.63) is 46.7 Å². The second kappa shape index (κ2) is 5.68. The molecule has 2 aromatic heterocycles. The van der Waals surface area contributed by atoms with Crippen LogP contribution in [0.15, 0.2) is 39.9 Å². The van der Waals surface area contributed by atoms with Crippen LogP contribution in [-0.4, -0.2) is 20.1 Å². The first kappa shape index (κ1) is 15.5. The Balaban J connectivity index is 1.97. The van der Waals surface area contributed by atoms with E-state index in [9.17, 15) is 18.0 Å². The van der Waals surface area contributed by atoms with Crippen molar-refractivity contribution in [2.75, 3.05) is 11.1 Å². The van der Waals surface area contributed by atoms with E-state index >= 15 is 0 Å². The topological polar surface area (TPSA) is 123 Å². The molecule has 0 fully saturated rings. The molecule has 11 heteroatoms. The fourth-order valence-corrected chi connectivity index (χ4v) is 1.92. The maximum atomic E-state index is 12.7. The molecule has 3 aromatic rings. The van der Waals surface area contributed by atoms with Crippen LogP contribution in [0.2, 0.25) is 0 Å². The summed E-state index contributed by atoms with van der Waals surface area (Å²) in [6.07, 6.45) is -1.79. The average molecular weight is 338 g/mol. The number of anilines is 3. The van der Waals surface area contributed by atoms with Crippen molar-refractivity contribution in [3.8, 4) is 11.5 Å². The Morgan fingerprint density at radius 1 is 1.21 bits per heavy atom. The molecule has 0 spiro atoms. The van der Waals surface area contributed by atoms with Gasteiger partial charge in [-0.25, -0.2) is 14.8 Å². The Labute approximate surface area is 131 Å². The quantitative estimate of drug-likeness (QED) is 0.625. The number of hydrogen-bond donors (Lipinski definition) is 3. The van der Waals surface area contributed by atoms with Crippen LogP contribution in [0, 0.1) is 0 Å². The van der Waals surface area contributed by atoms with Crippen LogP contribution < -0.4 is 16.8 Å². The molecule has 0 saturated carbocycles. The number of rotatable bonds is 3. The summed E-state index contributed by atoms with van der Waals surface area (Å²) >= 11 is 0. The van der Waals surface area contributed by atoms with Crippen molar-refractivity contribution < 1.29 is 17.7 Å². The Hall–Kier alpha value is -3.37. The summed E-state index contributed by atoms with van der Waals surface area (Å²) in [5, 5.41) is 6.25. The number of nitrogens with one attached hydrogen (secondary N) is 2. The van der Waals surface area contributed by atoms with E-state index in [1.54, 1.807) is 0 Å². The average Bonchev–Trinajstić information content (AvgIpc) is 2.95. The van der Waals surface area contributed by atoms with Gasteiger partial charge in [0.05, 0.1) is 16.9 Å². The zero-order valence-corrected chi connectivity index (χ0v) is 11.8. The first-order chi connectivity index (χ1) is 11.3. The number of nitrogens with zero attached hydrogens (tertiary/aromatic N) is 3. The van der Waals surface area contributed by atoms with Crippen LogP contribution in [-0.2, 0) is 6.18 Å². The lowest BCUT2D eigenvalue weighted by Gasteiger charge is -2.13. The second-order valence-corrected chi connectivity index (χ2v) is 4.62. The molecule has 4 N–H and O–H groups in total. The lowest BCUT2D eigenvalue weighted by Crippen LogP contribution is -2.07. The van der Waals surface area contributed by atoms with E-state index in [-0.39, 0.29) is 28.7 Å². The zero-order valence-electron chi connectivity index (χ0n) is 11.8. The second-order valence-electron chi connectivity index (χ2n) is 4.62. The lowest BCUT2D eigenvalue weighted by molar-refractivity contribution is -0.137. The molecule has 0 unspecified atom stereocenters. The smallest absolute Gasteiger partial charge is 0.397 e. The van der Waals surface area contributed by atoms with Crippen molar-refractivity contribution in [2.24, 2.45) is 0 Å². The van der Waals surface area contributed by atoms with Crippen LogP contribution in [0.1, 0.15) is 5.56 Å². The van der Waals surface area contributed by atoms with E-state index in [1.807, 2.05) is 0 Å². The van der Waals surface area contributed by atoms with Gasteiger partial charge in [0.15, 0.2) is 11.5 Å². The van der Waals surface area contributed by atoms with Crippen molar-refractivity contribution >= 4 is 17.2 Å². The summed E-state index contributed by atoms with van der Waals surface area (Å²) in [5.74, 6) is -0.634. The maximum absolute atomic E-state index is 12.7. The van der Waals surface area contributed by atoms with E-state index in [1.165, 1.54) is 18.5 Å². The van der Waals surface area contributed by atoms with Gasteiger partial charge in [0.1, 0.15) is 0 Å². The van der Waals surface area contributed by atoms with Gasteiger partial charge in [-0.3, -0.25) is 9.51 Å². The summed E-state index contributed by atoms with van der Waals surface area (Å²) in [4.78, 5) is 21.4. The Kier molecular flexibility index (Phi) is 3.67. The van der Waals surface area contributed by atoms with Gasteiger partial charge in [0, 0.05) is 12.4 Å². The van der Waals surface area contributed by atoms with E-state index in [0.717, 1.165) is 12.1 Å². The molecule has 0 bridgehead atoms. The Bertz CT molecular complexity index is 934. The third kappa shape index (κ3) is 3.04. The highest BCUT2D eigenvalue weighted by molar-refractivity contribution is 5.77. The summed E-state index contributed by atoms with van der Waals surface area (Å²) < 4.78 is 42.4. The van der Waals surface area contributed by atoms with E-state index in [2.05, 4.69) is 29.9 Å². The molecule has 0 atom stereocenters. The molecule has 24 heavy (non-hydrogen) atoms. The molecule has 0 aliphatic heterocycles. The predicted octanol–water partition coefficient (Wildman–Crippen LogP) is 2.16. The van der Waals surface area contributed by atoms with E-state index in [0.29, 0.717) is 0 Å². The molecular weight excluding hydrogens is 329 g/mol. The van der Waals surface area contributed by atoms with Crippen LogP contribution in [0.25, 0.3) is 11.5 Å². The summed E-state index contributed by atoms with van der Waals surface area (Å²) in [6, 6.07) is 2.85. The number of nitrogens with two attached hydrogens (primary N) is 1. The standard InChI is InChI=1S/C13H9F3N6O2/c14-13(15,16)6-1-2-8(7(17)5-6)20-10-9(18-3-4-19-10)11-21-12(23)24-22-11/h1-5H,17H2,(H,19,20)(H,21,22,23). The first-order valence-electron chi connectivity index (χ1n) is 6.46. The SMILES string of the molecule is Nc1cc(C(F)(F)F)ccc1Nc1nccnc1-c1noc(=O)[nH]1. The minimum absolute atomic E-state index is 0.0149. The number of aromatic amines is 1. The first-order valence-corrected chi connectivity index (χ1v) is 6.46. The molecule has 0 amide bonds. The molecule has 3 rings (SSSR count). The zero-order chi connectivity index (χ0) is 17.3. The van der Waals surface area contributed by atoms with Crippen molar-refractivity contribution in [3.63, 3.8) is 0 Å².